The summed E-state index contributed by atoms with van der Waals surface area (Å²) in [5.74, 6) is -0.428. The van der Waals surface area contributed by atoms with E-state index < -0.39 is 5.97 Å². The van der Waals surface area contributed by atoms with Crippen molar-refractivity contribution in [2.75, 3.05) is 7.11 Å². The molecule has 5 nitrogen and oxygen atoms in total. The SMILES string of the molecule is COc1cc(Cl)cc(/C=C2/C(=O)ON=C2C)c1O. The summed E-state index contributed by atoms with van der Waals surface area (Å²) in [5.41, 5.74) is 1.08. The molecule has 0 amide bonds. The highest BCUT2D eigenvalue weighted by atomic mass is 35.5. The molecule has 0 saturated heterocycles. The van der Waals surface area contributed by atoms with Crippen LogP contribution in [-0.2, 0) is 9.63 Å². The number of benzene rings is 1. The van der Waals surface area contributed by atoms with Crippen molar-refractivity contribution < 1.29 is 19.5 Å². The monoisotopic (exact) mass is 267 g/mol. The van der Waals surface area contributed by atoms with E-state index in [4.69, 9.17) is 16.3 Å². The highest BCUT2D eigenvalue weighted by Crippen LogP contribution is 2.35. The van der Waals surface area contributed by atoms with Gasteiger partial charge in [0.2, 0.25) is 0 Å². The van der Waals surface area contributed by atoms with Crippen molar-refractivity contribution >= 4 is 29.4 Å². The van der Waals surface area contributed by atoms with Gasteiger partial charge in [-0.15, -0.1) is 0 Å². The molecule has 0 radical (unpaired) electrons. The summed E-state index contributed by atoms with van der Waals surface area (Å²) in [6.45, 7) is 1.63. The number of ether oxygens (including phenoxy) is 1. The van der Waals surface area contributed by atoms with Gasteiger partial charge in [0.15, 0.2) is 11.5 Å². The minimum absolute atomic E-state index is 0.0955. The molecule has 1 heterocycles. The first-order valence-electron chi connectivity index (χ1n) is 5.07. The Kier molecular flexibility index (Phi) is 3.25. The first kappa shape index (κ1) is 12.4. The molecule has 0 spiro atoms. The molecule has 0 fully saturated rings. The molecule has 2 rings (SSSR count). The highest BCUT2D eigenvalue weighted by molar-refractivity contribution is 6.31. The number of methoxy groups -OCH3 is 1. The number of aromatic hydroxyl groups is 1. The van der Waals surface area contributed by atoms with Crippen molar-refractivity contribution in [3.63, 3.8) is 0 Å². The molecule has 0 unspecified atom stereocenters. The summed E-state index contributed by atoms with van der Waals surface area (Å²) in [5, 5.41) is 13.9. The summed E-state index contributed by atoms with van der Waals surface area (Å²) in [7, 11) is 1.42. The summed E-state index contributed by atoms with van der Waals surface area (Å²) in [6.07, 6.45) is 1.46. The van der Waals surface area contributed by atoms with Gasteiger partial charge in [-0.25, -0.2) is 4.79 Å². The molecule has 1 aromatic rings. The van der Waals surface area contributed by atoms with Crippen molar-refractivity contribution in [1.29, 1.82) is 0 Å². The zero-order chi connectivity index (χ0) is 13.3. The van der Waals surface area contributed by atoms with E-state index in [0.29, 0.717) is 16.3 Å². The topological polar surface area (TPSA) is 68.1 Å². The average molecular weight is 268 g/mol. The maximum absolute atomic E-state index is 11.4. The number of rotatable bonds is 2. The molecule has 0 aromatic heterocycles. The molecule has 1 aliphatic rings. The van der Waals surface area contributed by atoms with Crippen molar-refractivity contribution in [3.05, 3.63) is 28.3 Å². The molecular formula is C12H10ClNO4. The Bertz CT molecular complexity index is 578. The van der Waals surface area contributed by atoms with Crippen LogP contribution in [0.2, 0.25) is 5.02 Å². The van der Waals surface area contributed by atoms with Gasteiger partial charge in [0.25, 0.3) is 0 Å². The number of phenols is 1. The van der Waals surface area contributed by atoms with E-state index in [1.807, 2.05) is 0 Å². The number of carbonyl (C=O) groups is 1. The third-order valence-corrected chi connectivity index (χ3v) is 2.68. The largest absolute Gasteiger partial charge is 0.504 e. The van der Waals surface area contributed by atoms with Gasteiger partial charge >= 0.3 is 5.97 Å². The van der Waals surface area contributed by atoms with E-state index >= 15 is 0 Å². The second-order valence-electron chi connectivity index (χ2n) is 3.66. The lowest BCUT2D eigenvalue weighted by molar-refractivity contribution is -0.136. The van der Waals surface area contributed by atoms with Crippen molar-refractivity contribution in [3.8, 4) is 11.5 Å². The van der Waals surface area contributed by atoms with Crippen LogP contribution >= 0.6 is 11.6 Å². The Morgan fingerprint density at radius 2 is 2.22 bits per heavy atom. The van der Waals surface area contributed by atoms with Gasteiger partial charge in [-0.1, -0.05) is 16.8 Å². The molecular weight excluding hydrogens is 258 g/mol. The Balaban J connectivity index is 2.52. The minimum atomic E-state index is -0.564. The summed E-state index contributed by atoms with van der Waals surface area (Å²) in [6, 6.07) is 3.00. The van der Waals surface area contributed by atoms with Crippen LogP contribution in [-0.4, -0.2) is 23.9 Å². The Morgan fingerprint density at radius 3 is 2.78 bits per heavy atom. The zero-order valence-electron chi connectivity index (χ0n) is 9.73. The molecule has 1 aliphatic heterocycles. The number of hydrogen-bond acceptors (Lipinski definition) is 5. The van der Waals surface area contributed by atoms with E-state index in [-0.39, 0.29) is 17.1 Å². The summed E-state index contributed by atoms with van der Waals surface area (Å²) >= 11 is 5.89. The quantitative estimate of drug-likeness (QED) is 0.660. The van der Waals surface area contributed by atoms with Crippen LogP contribution in [0.5, 0.6) is 11.5 Å². The second-order valence-corrected chi connectivity index (χ2v) is 4.10. The molecule has 0 aliphatic carbocycles. The molecule has 1 N–H and O–H groups in total. The van der Waals surface area contributed by atoms with Crippen LogP contribution in [0.3, 0.4) is 0 Å². The third-order valence-electron chi connectivity index (χ3n) is 2.46. The normalized spacial score (nSPS) is 16.7. The molecule has 18 heavy (non-hydrogen) atoms. The van der Waals surface area contributed by atoms with Crippen LogP contribution in [0, 0.1) is 0 Å². The standard InChI is InChI=1S/C12H10ClNO4/c1-6-9(12(16)18-14-6)4-7-3-8(13)5-10(17-2)11(7)15/h3-5,15H,1-2H3/b9-4+. The average Bonchev–Trinajstić information content (AvgIpc) is 2.65. The smallest absolute Gasteiger partial charge is 0.367 e. The number of oxime groups is 1. The Hall–Kier alpha value is -2.01. The lowest BCUT2D eigenvalue weighted by Gasteiger charge is -2.07. The van der Waals surface area contributed by atoms with E-state index in [1.54, 1.807) is 6.92 Å². The summed E-state index contributed by atoms with van der Waals surface area (Å²) < 4.78 is 4.97. The van der Waals surface area contributed by atoms with Gasteiger partial charge in [0.05, 0.1) is 18.4 Å². The first-order valence-corrected chi connectivity index (χ1v) is 5.45. The maximum Gasteiger partial charge on any atom is 0.367 e. The third kappa shape index (κ3) is 2.17. The molecule has 6 heteroatoms. The molecule has 1 aromatic carbocycles. The number of halogens is 1. The molecule has 0 atom stereocenters. The van der Waals surface area contributed by atoms with Crippen LogP contribution in [0.4, 0.5) is 0 Å². The predicted molar refractivity (Wildman–Crippen MR) is 66.8 cm³/mol. The fraction of sp³-hybridized carbons (Fsp3) is 0.167. The van der Waals surface area contributed by atoms with Crippen molar-refractivity contribution in [2.45, 2.75) is 6.92 Å². The second kappa shape index (κ2) is 4.70. The first-order chi connectivity index (χ1) is 8.52. The van der Waals surface area contributed by atoms with Gasteiger partial charge in [-0.05, 0) is 19.1 Å². The fourth-order valence-electron chi connectivity index (χ4n) is 1.53. The number of carbonyl (C=O) groups excluding carboxylic acids is 1. The van der Waals surface area contributed by atoms with Crippen molar-refractivity contribution in [1.82, 2.24) is 0 Å². The molecule has 0 saturated carbocycles. The highest BCUT2D eigenvalue weighted by Gasteiger charge is 2.22. The Morgan fingerprint density at radius 1 is 1.50 bits per heavy atom. The number of nitrogens with zero attached hydrogens (tertiary/aromatic N) is 1. The maximum atomic E-state index is 11.4. The van der Waals surface area contributed by atoms with E-state index in [1.165, 1.54) is 25.3 Å². The van der Waals surface area contributed by atoms with E-state index in [0.717, 1.165) is 0 Å². The van der Waals surface area contributed by atoms with Crippen LogP contribution < -0.4 is 4.74 Å². The zero-order valence-corrected chi connectivity index (χ0v) is 10.5. The Labute approximate surface area is 108 Å². The number of hydrogen-bond donors (Lipinski definition) is 1. The molecule has 0 bridgehead atoms. The lowest BCUT2D eigenvalue weighted by atomic mass is 10.1. The van der Waals surface area contributed by atoms with E-state index in [2.05, 4.69) is 9.99 Å². The fourth-order valence-corrected chi connectivity index (χ4v) is 1.75. The number of phenolic OH excluding ortho intramolecular Hbond substituents is 1. The van der Waals surface area contributed by atoms with Crippen LogP contribution in [0.1, 0.15) is 12.5 Å². The van der Waals surface area contributed by atoms with Gasteiger partial charge in [-0.3, -0.25) is 0 Å². The minimum Gasteiger partial charge on any atom is -0.504 e. The van der Waals surface area contributed by atoms with Gasteiger partial charge in [0.1, 0.15) is 0 Å². The lowest BCUT2D eigenvalue weighted by Crippen LogP contribution is -2.01. The van der Waals surface area contributed by atoms with Gasteiger partial charge in [-0.2, -0.15) is 0 Å². The predicted octanol–water partition coefficient (Wildman–Crippen LogP) is 2.37. The van der Waals surface area contributed by atoms with Crippen LogP contribution in [0.15, 0.2) is 22.9 Å². The molecule has 94 valence electrons. The van der Waals surface area contributed by atoms with Gasteiger partial charge < -0.3 is 14.7 Å². The summed E-state index contributed by atoms with van der Waals surface area (Å²) in [4.78, 5) is 15.9. The van der Waals surface area contributed by atoms with Gasteiger partial charge in [0, 0.05) is 16.7 Å². The van der Waals surface area contributed by atoms with Crippen molar-refractivity contribution in [2.24, 2.45) is 5.16 Å². The van der Waals surface area contributed by atoms with E-state index in [9.17, 15) is 9.90 Å². The van der Waals surface area contributed by atoms with Crippen LogP contribution in [0.25, 0.3) is 6.08 Å².